The van der Waals surface area contributed by atoms with Crippen molar-refractivity contribution in [2.24, 2.45) is 5.92 Å². The number of benzene rings is 1. The molecule has 1 aromatic heterocycles. The van der Waals surface area contributed by atoms with Crippen molar-refractivity contribution in [1.29, 1.82) is 5.26 Å². The summed E-state index contributed by atoms with van der Waals surface area (Å²) in [5.41, 5.74) is 3.22. The monoisotopic (exact) mass is 266 g/mol. The van der Waals surface area contributed by atoms with E-state index < -0.39 is 0 Å². The fourth-order valence-electron chi connectivity index (χ4n) is 1.85. The lowest BCUT2D eigenvalue weighted by atomic mass is 10.1. The number of hydrogen-bond acceptors (Lipinski definition) is 3. The maximum absolute atomic E-state index is 8.94. The Kier molecular flexibility index (Phi) is 4.37. The van der Waals surface area contributed by atoms with Gasteiger partial charge in [0.05, 0.1) is 23.6 Å². The SMILES string of the molecule is Cc1nc(-c2cccc(OCC(C)C)c2)ccc1C#N. The number of hydrogen-bond donors (Lipinski definition) is 0. The van der Waals surface area contributed by atoms with Gasteiger partial charge < -0.3 is 4.74 Å². The highest BCUT2D eigenvalue weighted by Gasteiger charge is 2.05. The molecule has 2 rings (SSSR count). The molecule has 1 aromatic carbocycles. The molecule has 0 unspecified atom stereocenters. The predicted molar refractivity (Wildman–Crippen MR) is 79.5 cm³/mol. The van der Waals surface area contributed by atoms with Crippen LogP contribution in [0.1, 0.15) is 25.1 Å². The van der Waals surface area contributed by atoms with Crippen LogP contribution in [0.25, 0.3) is 11.3 Å². The lowest BCUT2D eigenvalue weighted by Gasteiger charge is -2.10. The molecular weight excluding hydrogens is 248 g/mol. The fourth-order valence-corrected chi connectivity index (χ4v) is 1.85. The Morgan fingerprint density at radius 3 is 2.70 bits per heavy atom. The molecule has 3 heteroatoms. The van der Waals surface area contributed by atoms with Crippen LogP contribution < -0.4 is 4.74 Å². The number of aryl methyl sites for hydroxylation is 1. The van der Waals surface area contributed by atoms with Gasteiger partial charge in [-0.3, -0.25) is 4.98 Å². The van der Waals surface area contributed by atoms with Crippen molar-refractivity contribution in [2.45, 2.75) is 20.8 Å². The third kappa shape index (κ3) is 3.36. The third-order valence-corrected chi connectivity index (χ3v) is 2.92. The van der Waals surface area contributed by atoms with Gasteiger partial charge in [-0.2, -0.15) is 5.26 Å². The summed E-state index contributed by atoms with van der Waals surface area (Å²) in [4.78, 5) is 4.47. The van der Waals surface area contributed by atoms with Gasteiger partial charge in [0, 0.05) is 5.56 Å². The molecule has 0 atom stereocenters. The number of aromatic nitrogens is 1. The molecule has 102 valence electrons. The molecule has 0 saturated heterocycles. The first kappa shape index (κ1) is 14.1. The van der Waals surface area contributed by atoms with E-state index in [1.54, 1.807) is 6.07 Å². The molecule has 0 amide bonds. The van der Waals surface area contributed by atoms with Gasteiger partial charge in [0.25, 0.3) is 0 Å². The van der Waals surface area contributed by atoms with Crippen LogP contribution in [0.2, 0.25) is 0 Å². The van der Waals surface area contributed by atoms with Crippen LogP contribution in [-0.4, -0.2) is 11.6 Å². The Balaban J connectivity index is 2.27. The summed E-state index contributed by atoms with van der Waals surface area (Å²) in [6.07, 6.45) is 0. The molecule has 3 nitrogen and oxygen atoms in total. The van der Waals surface area contributed by atoms with Crippen LogP contribution in [0.15, 0.2) is 36.4 Å². The molecule has 0 bridgehead atoms. The molecule has 2 aromatic rings. The number of nitriles is 1. The third-order valence-electron chi connectivity index (χ3n) is 2.92. The maximum Gasteiger partial charge on any atom is 0.119 e. The average molecular weight is 266 g/mol. The molecule has 0 saturated carbocycles. The van der Waals surface area contributed by atoms with E-state index in [0.717, 1.165) is 22.7 Å². The van der Waals surface area contributed by atoms with Crippen molar-refractivity contribution in [3.05, 3.63) is 47.7 Å². The molecule has 0 aliphatic rings. The Morgan fingerprint density at radius 2 is 2.05 bits per heavy atom. The molecule has 20 heavy (non-hydrogen) atoms. The quantitative estimate of drug-likeness (QED) is 0.841. The topological polar surface area (TPSA) is 45.9 Å². The molecule has 0 spiro atoms. The normalized spacial score (nSPS) is 10.3. The average Bonchev–Trinajstić information content (AvgIpc) is 2.45. The van der Waals surface area contributed by atoms with Gasteiger partial charge in [0.15, 0.2) is 0 Å². The lowest BCUT2D eigenvalue weighted by Crippen LogP contribution is -2.04. The second kappa shape index (κ2) is 6.21. The highest BCUT2D eigenvalue weighted by atomic mass is 16.5. The van der Waals surface area contributed by atoms with Crippen LogP contribution in [0.4, 0.5) is 0 Å². The molecule has 1 heterocycles. The summed E-state index contributed by atoms with van der Waals surface area (Å²) >= 11 is 0. The van der Waals surface area contributed by atoms with Gasteiger partial charge in [-0.15, -0.1) is 0 Å². The minimum atomic E-state index is 0.494. The Bertz CT molecular complexity index is 642. The van der Waals surface area contributed by atoms with E-state index in [-0.39, 0.29) is 0 Å². The zero-order valence-electron chi connectivity index (χ0n) is 12.1. The molecule has 0 fully saturated rings. The highest BCUT2D eigenvalue weighted by Crippen LogP contribution is 2.23. The van der Waals surface area contributed by atoms with Crippen molar-refractivity contribution < 1.29 is 4.74 Å². The maximum atomic E-state index is 8.94. The molecule has 0 radical (unpaired) electrons. The van der Waals surface area contributed by atoms with Gasteiger partial charge in [-0.25, -0.2) is 0 Å². The number of nitrogens with zero attached hydrogens (tertiary/aromatic N) is 2. The minimum absolute atomic E-state index is 0.494. The molecule has 0 aliphatic carbocycles. The number of ether oxygens (including phenoxy) is 1. The van der Waals surface area contributed by atoms with E-state index in [4.69, 9.17) is 10.00 Å². The second-order valence-corrected chi connectivity index (χ2v) is 5.17. The largest absolute Gasteiger partial charge is 0.493 e. The lowest BCUT2D eigenvalue weighted by molar-refractivity contribution is 0.271. The van der Waals surface area contributed by atoms with E-state index in [1.807, 2.05) is 37.3 Å². The van der Waals surface area contributed by atoms with Crippen LogP contribution in [-0.2, 0) is 0 Å². The van der Waals surface area contributed by atoms with Gasteiger partial charge in [0.2, 0.25) is 0 Å². The second-order valence-electron chi connectivity index (χ2n) is 5.17. The van der Waals surface area contributed by atoms with E-state index >= 15 is 0 Å². The first-order valence-electron chi connectivity index (χ1n) is 6.71. The van der Waals surface area contributed by atoms with Crippen molar-refractivity contribution >= 4 is 0 Å². The minimum Gasteiger partial charge on any atom is -0.493 e. The van der Waals surface area contributed by atoms with E-state index in [9.17, 15) is 0 Å². The Labute approximate surface area is 119 Å². The molecule has 0 aliphatic heterocycles. The van der Waals surface area contributed by atoms with Gasteiger partial charge in [0.1, 0.15) is 11.8 Å². The first-order chi connectivity index (χ1) is 9.60. The van der Waals surface area contributed by atoms with Gasteiger partial charge >= 0.3 is 0 Å². The Morgan fingerprint density at radius 1 is 1.25 bits per heavy atom. The summed E-state index contributed by atoms with van der Waals surface area (Å²) in [6.45, 7) is 6.79. The summed E-state index contributed by atoms with van der Waals surface area (Å²) < 4.78 is 5.72. The fraction of sp³-hybridized carbons (Fsp3) is 0.294. The van der Waals surface area contributed by atoms with Gasteiger partial charge in [-0.1, -0.05) is 26.0 Å². The van der Waals surface area contributed by atoms with Crippen LogP contribution in [0, 0.1) is 24.2 Å². The van der Waals surface area contributed by atoms with Crippen LogP contribution in [0.5, 0.6) is 5.75 Å². The zero-order valence-corrected chi connectivity index (χ0v) is 12.1. The summed E-state index contributed by atoms with van der Waals surface area (Å²) in [5.74, 6) is 1.34. The zero-order chi connectivity index (χ0) is 14.5. The van der Waals surface area contributed by atoms with E-state index in [0.29, 0.717) is 18.1 Å². The standard InChI is InChI=1S/C17H18N2O/c1-12(2)11-20-16-6-4-5-14(9-16)17-8-7-15(10-18)13(3)19-17/h4-9,12H,11H2,1-3H3. The van der Waals surface area contributed by atoms with Crippen molar-refractivity contribution in [3.8, 4) is 23.1 Å². The number of rotatable bonds is 4. The first-order valence-corrected chi connectivity index (χ1v) is 6.71. The summed E-state index contributed by atoms with van der Waals surface area (Å²) in [7, 11) is 0. The van der Waals surface area contributed by atoms with Crippen molar-refractivity contribution in [3.63, 3.8) is 0 Å². The molecular formula is C17H18N2O. The molecule has 0 N–H and O–H groups in total. The smallest absolute Gasteiger partial charge is 0.119 e. The van der Waals surface area contributed by atoms with Crippen molar-refractivity contribution in [2.75, 3.05) is 6.61 Å². The Hall–Kier alpha value is -2.34. The predicted octanol–water partition coefficient (Wildman–Crippen LogP) is 3.96. The summed E-state index contributed by atoms with van der Waals surface area (Å²) in [5, 5.41) is 8.94. The number of pyridine rings is 1. The van der Waals surface area contributed by atoms with Crippen LogP contribution >= 0.6 is 0 Å². The van der Waals surface area contributed by atoms with E-state index in [1.165, 1.54) is 0 Å². The van der Waals surface area contributed by atoms with Gasteiger partial charge in [-0.05, 0) is 37.1 Å². The van der Waals surface area contributed by atoms with Crippen LogP contribution in [0.3, 0.4) is 0 Å². The summed E-state index contributed by atoms with van der Waals surface area (Å²) in [6, 6.07) is 13.7. The van der Waals surface area contributed by atoms with Crippen molar-refractivity contribution in [1.82, 2.24) is 4.98 Å². The highest BCUT2D eigenvalue weighted by molar-refractivity contribution is 5.62. The van der Waals surface area contributed by atoms with E-state index in [2.05, 4.69) is 24.9 Å².